The third-order valence-corrected chi connectivity index (χ3v) is 17.6. The molecule has 3 rings (SSSR count). The van der Waals surface area contributed by atoms with Gasteiger partial charge in [0.25, 0.3) is 0 Å². The number of carboxylic acids is 4. The Kier molecular flexibility index (Phi) is 42.8. The fourth-order valence-corrected chi connectivity index (χ4v) is 11.1. The number of nitrogens with one attached hydrogen (secondary N) is 16. The number of hydrogen-bond donors (Lipinski definition) is 27. The highest BCUT2D eigenvalue weighted by Gasteiger charge is 2.40. The van der Waals surface area contributed by atoms with Gasteiger partial charge in [-0.1, -0.05) is 70.2 Å². The Morgan fingerprint density at radius 3 is 1.23 bits per heavy atom. The summed E-state index contributed by atoms with van der Waals surface area (Å²) in [6.07, 6.45) is -5.47. The molecular formula is C73H106N18O29. The first-order chi connectivity index (χ1) is 56.4. The third-order valence-electron chi connectivity index (χ3n) is 17.6. The number of aliphatic carboxylic acids is 4. The Morgan fingerprint density at radius 2 is 0.783 bits per heavy atom. The minimum Gasteiger partial charge on any atom is -0.508 e. The first-order valence-electron chi connectivity index (χ1n) is 37.5. The summed E-state index contributed by atoms with van der Waals surface area (Å²) >= 11 is 0. The number of aromatic nitrogens is 2. The second kappa shape index (κ2) is 50.7. The molecule has 1 aromatic heterocycles. The van der Waals surface area contributed by atoms with Crippen molar-refractivity contribution in [2.45, 2.75) is 203 Å². The van der Waals surface area contributed by atoms with E-state index in [1.807, 2.05) is 16.0 Å². The van der Waals surface area contributed by atoms with E-state index in [-0.39, 0.29) is 30.1 Å². The van der Waals surface area contributed by atoms with E-state index in [0.717, 1.165) is 13.8 Å². The van der Waals surface area contributed by atoms with Crippen molar-refractivity contribution in [1.82, 2.24) is 89.7 Å². The number of nitrogens with zero attached hydrogens (tertiary/aromatic N) is 1. The fraction of sp³-hybridized carbons (Fsp3) is 0.534. The summed E-state index contributed by atoms with van der Waals surface area (Å²) in [5, 5.41) is 134. The number of aliphatic hydroxyl groups excluding tert-OH is 5. The number of phenols is 1. The molecule has 0 radical (unpaired) electrons. The van der Waals surface area contributed by atoms with E-state index in [9.17, 15) is 137 Å². The molecule has 1 heterocycles. The number of carbonyl (C=O) groups is 19. The Balaban J connectivity index is 1.79. The molecule has 0 aliphatic rings. The Bertz CT molecular complexity index is 4040. The number of aromatic amines is 1. The van der Waals surface area contributed by atoms with Crippen LogP contribution in [0.4, 0.5) is 0 Å². The number of hydrogen-bond acceptors (Lipinski definition) is 27. The van der Waals surface area contributed by atoms with Gasteiger partial charge in [-0.05, 0) is 75.1 Å². The third kappa shape index (κ3) is 35.9. The van der Waals surface area contributed by atoms with Crippen LogP contribution >= 0.6 is 0 Å². The molecule has 2 aromatic carbocycles. The second-order valence-electron chi connectivity index (χ2n) is 28.4. The van der Waals surface area contributed by atoms with Gasteiger partial charge in [-0.25, -0.2) is 4.98 Å². The van der Waals surface area contributed by atoms with Gasteiger partial charge < -0.3 is 142 Å². The van der Waals surface area contributed by atoms with Gasteiger partial charge in [0.2, 0.25) is 88.6 Å². The lowest BCUT2D eigenvalue weighted by Crippen LogP contribution is -2.63. The quantitative estimate of drug-likeness (QED) is 0.0250. The van der Waals surface area contributed by atoms with Crippen LogP contribution in [0.25, 0.3) is 0 Å². The van der Waals surface area contributed by atoms with Crippen LogP contribution in [0.1, 0.15) is 104 Å². The van der Waals surface area contributed by atoms with Gasteiger partial charge in [0, 0.05) is 38.3 Å². The van der Waals surface area contributed by atoms with E-state index in [4.69, 9.17) is 10.8 Å². The van der Waals surface area contributed by atoms with Crippen molar-refractivity contribution >= 4 is 112 Å². The highest BCUT2D eigenvalue weighted by Crippen LogP contribution is 2.16. The number of amides is 15. The van der Waals surface area contributed by atoms with Gasteiger partial charge in [-0.15, -0.1) is 0 Å². The maximum Gasteiger partial charge on any atom is 0.322 e. The number of benzene rings is 2. The molecule has 47 nitrogen and oxygen atoms in total. The minimum atomic E-state index is -2.19. The normalized spacial score (nSPS) is 15.1. The monoisotopic (exact) mass is 1700 g/mol. The molecule has 120 heavy (non-hydrogen) atoms. The lowest BCUT2D eigenvalue weighted by atomic mass is 10.00. The second-order valence-corrected chi connectivity index (χ2v) is 28.4. The van der Waals surface area contributed by atoms with Crippen molar-refractivity contribution in [3.8, 4) is 5.75 Å². The number of aromatic hydroxyl groups is 1. The number of rotatable bonds is 53. The highest BCUT2D eigenvalue weighted by atomic mass is 16.4. The molecule has 28 N–H and O–H groups in total. The van der Waals surface area contributed by atoms with E-state index in [1.165, 1.54) is 81.8 Å². The number of nitrogens with two attached hydrogens (primary N) is 1. The Labute approximate surface area is 685 Å². The number of H-pyrrole nitrogens is 1. The molecular weight excluding hydrogens is 1590 g/mol. The molecule has 0 saturated carbocycles. The summed E-state index contributed by atoms with van der Waals surface area (Å²) in [4.78, 5) is 258. The summed E-state index contributed by atoms with van der Waals surface area (Å²) < 4.78 is 0. The summed E-state index contributed by atoms with van der Waals surface area (Å²) in [5.74, 6) is -25.7. The van der Waals surface area contributed by atoms with E-state index >= 15 is 0 Å². The molecule has 15 amide bonds. The van der Waals surface area contributed by atoms with E-state index < -0.39 is 293 Å². The molecule has 0 bridgehead atoms. The summed E-state index contributed by atoms with van der Waals surface area (Å²) in [6, 6.07) is -12.2. The topological polar surface area (TPSA) is 762 Å². The minimum absolute atomic E-state index is 0.0160. The van der Waals surface area contributed by atoms with Crippen LogP contribution in [0, 0.1) is 11.8 Å². The van der Waals surface area contributed by atoms with Crippen molar-refractivity contribution < 1.29 is 142 Å². The zero-order chi connectivity index (χ0) is 90.4. The van der Waals surface area contributed by atoms with Crippen molar-refractivity contribution in [3.05, 3.63) is 83.9 Å². The fourth-order valence-electron chi connectivity index (χ4n) is 11.1. The average molecular weight is 1700 g/mol. The van der Waals surface area contributed by atoms with Gasteiger partial charge >= 0.3 is 23.9 Å². The largest absolute Gasteiger partial charge is 0.508 e. The van der Waals surface area contributed by atoms with Crippen LogP contribution in [0.3, 0.4) is 0 Å². The summed E-state index contributed by atoms with van der Waals surface area (Å²) in [6.45, 7) is 3.51. The average Bonchev–Trinajstić information content (AvgIpc) is 1.18. The number of carbonyl (C=O) groups excluding carboxylic acids is 15. The molecule has 3 aromatic rings. The van der Waals surface area contributed by atoms with E-state index in [1.54, 1.807) is 19.9 Å². The lowest BCUT2D eigenvalue weighted by molar-refractivity contribution is -0.142. The van der Waals surface area contributed by atoms with Gasteiger partial charge in [-0.3, -0.25) is 91.1 Å². The van der Waals surface area contributed by atoms with Gasteiger partial charge in [0.15, 0.2) is 0 Å². The van der Waals surface area contributed by atoms with Gasteiger partial charge in [0.05, 0.1) is 63.1 Å². The standard InChI is InChI=1S/C73H106N18O29/c1-33(2)21-45(64(111)81-44(18-20-54(101)102)63(110)77-28-56(105)106)82-65(112)46(23-39-13-15-41(97)16-14-39)83-68(115)49(29-92)86-70(117)51(31-94)87-71(118)57(34(3)4)90-67(114)48(25-55(103)104)84-69(116)50(30-93)88-73(120)59(37(7)96)91-66(113)47(22-38-11-9-8-10-12-38)85-72(119)58(36(6)95)89-52(98)27-76-62(109)43(17-19-53(99)100)80-60(107)35(5)79-61(108)42(74)24-40-26-75-32-78-40/h8-16,26,32-37,42-51,57-59,92-97H,17-25,27-31,74H2,1-7H3,(H,75,78)(H,76,109)(H,77,110)(H,79,108)(H,80,107)(H,81,111)(H,82,112)(H,83,115)(H,84,116)(H,85,119)(H,86,117)(H,87,118)(H,88,120)(H,89,98)(H,90,114)(H,91,113)(H,99,100)(H,101,102)(H,103,104)(H,105,106)/t35-,36+,37+,42-,43-,44-,45-,46-,47-,48-,49-,50-,51-,57-,58-,59-/m0/s1. The highest BCUT2D eigenvalue weighted by molar-refractivity contribution is 6.01. The number of carboxylic acid groups (broad SMARTS) is 4. The van der Waals surface area contributed by atoms with Crippen molar-refractivity contribution in [3.63, 3.8) is 0 Å². The Hall–Kier alpha value is -12.9. The molecule has 0 spiro atoms. The zero-order valence-electron chi connectivity index (χ0n) is 66.4. The van der Waals surface area contributed by atoms with E-state index in [2.05, 4.69) is 73.8 Å². The van der Waals surface area contributed by atoms with Gasteiger partial charge in [-0.2, -0.15) is 0 Å². The van der Waals surface area contributed by atoms with Crippen molar-refractivity contribution in [2.75, 3.05) is 32.9 Å². The van der Waals surface area contributed by atoms with Crippen molar-refractivity contribution in [1.29, 1.82) is 0 Å². The number of phenolic OH excluding ortho intramolecular Hbond substituents is 1. The van der Waals surface area contributed by atoms with E-state index in [0.29, 0.717) is 11.3 Å². The lowest BCUT2D eigenvalue weighted by Gasteiger charge is -2.29. The van der Waals surface area contributed by atoms with Crippen LogP contribution < -0.4 is 85.5 Å². The molecule has 0 aliphatic carbocycles. The smallest absolute Gasteiger partial charge is 0.322 e. The predicted molar refractivity (Wildman–Crippen MR) is 412 cm³/mol. The van der Waals surface area contributed by atoms with Crippen LogP contribution in [-0.2, 0) is 110 Å². The predicted octanol–water partition coefficient (Wildman–Crippen LogP) is -10.2. The first-order valence-corrected chi connectivity index (χ1v) is 37.5. The maximum absolute atomic E-state index is 14.3. The number of imidazole rings is 1. The van der Waals surface area contributed by atoms with Crippen molar-refractivity contribution in [2.24, 2.45) is 17.6 Å². The van der Waals surface area contributed by atoms with Crippen LogP contribution in [0.15, 0.2) is 67.1 Å². The molecule has 0 saturated heterocycles. The molecule has 662 valence electrons. The summed E-state index contributed by atoms with van der Waals surface area (Å²) in [7, 11) is 0. The molecule has 0 unspecified atom stereocenters. The summed E-state index contributed by atoms with van der Waals surface area (Å²) in [5.41, 5.74) is 7.00. The molecule has 47 heteroatoms. The van der Waals surface area contributed by atoms with Crippen LogP contribution in [-0.4, -0.2) is 303 Å². The number of aliphatic hydroxyl groups is 5. The first kappa shape index (κ1) is 101. The molecule has 0 fully saturated rings. The molecule has 0 aliphatic heterocycles. The maximum atomic E-state index is 14.3. The Morgan fingerprint density at radius 1 is 0.392 bits per heavy atom. The SMILES string of the molecule is CC(C)C[C@H](NC(=O)[C@H](Cc1ccc(O)cc1)NC(=O)[C@H](CO)NC(=O)[C@H](CO)NC(=O)[C@@H](NC(=O)[C@H](CC(=O)O)NC(=O)[C@H](CO)NC(=O)[C@@H](NC(=O)[C@H](Cc1ccccc1)NC(=O)[C@@H](NC(=O)CNC(=O)[C@H](CCC(=O)O)NC(=O)[C@H](C)NC(=O)[C@@H](N)Cc1c[nH]cn1)[C@@H](C)O)[C@@H](C)O)C(C)C)C(=O)N[C@@H](CCC(=O)O)C(=O)NCC(=O)O. The zero-order valence-corrected chi connectivity index (χ0v) is 66.4. The van der Waals surface area contributed by atoms with Crippen LogP contribution in [0.5, 0.6) is 5.75 Å². The van der Waals surface area contributed by atoms with Gasteiger partial charge in [0.1, 0.15) is 90.8 Å². The van der Waals surface area contributed by atoms with Crippen LogP contribution in [0.2, 0.25) is 0 Å². The molecule has 16 atom stereocenters.